The van der Waals surface area contributed by atoms with E-state index in [1.807, 2.05) is 5.32 Å². The molecule has 19 heavy (non-hydrogen) atoms. The maximum Gasteiger partial charge on any atom is 0.414 e. The van der Waals surface area contributed by atoms with Crippen LogP contribution in [0.1, 0.15) is 12.6 Å². The summed E-state index contributed by atoms with van der Waals surface area (Å²) >= 11 is 0. The van der Waals surface area contributed by atoms with Gasteiger partial charge in [0.05, 0.1) is 6.61 Å². The molecule has 0 saturated carbocycles. The number of aromatic nitrogens is 2. The molecule has 0 aromatic carbocycles. The van der Waals surface area contributed by atoms with Crippen molar-refractivity contribution in [1.82, 2.24) is 15.5 Å². The van der Waals surface area contributed by atoms with Gasteiger partial charge in [-0.15, -0.1) is 0 Å². The summed E-state index contributed by atoms with van der Waals surface area (Å²) in [6.45, 7) is 3.48. The fourth-order valence-corrected chi connectivity index (χ4v) is 1.03. The van der Waals surface area contributed by atoms with Crippen LogP contribution in [0, 0.1) is 18.3 Å². The topological polar surface area (TPSA) is 132 Å². The number of rotatable bonds is 4. The Balaban J connectivity index is 2.64. The number of anilines is 1. The van der Waals surface area contributed by atoms with E-state index in [-0.39, 0.29) is 6.61 Å². The molecule has 3 N–H and O–H groups in total. The Hall–Kier alpha value is -2.89. The van der Waals surface area contributed by atoms with E-state index in [0.29, 0.717) is 5.82 Å². The quantitative estimate of drug-likeness (QED) is 0.528. The van der Waals surface area contributed by atoms with E-state index >= 15 is 0 Å². The lowest BCUT2D eigenvalue weighted by molar-refractivity contribution is -0.114. The lowest BCUT2D eigenvalue weighted by Gasteiger charge is -2.02. The second kappa shape index (κ2) is 6.75. The number of aryl methyl sites for hydroxylation is 1. The van der Waals surface area contributed by atoms with Gasteiger partial charge >= 0.3 is 6.09 Å². The highest BCUT2D eigenvalue weighted by Crippen LogP contribution is 2.03. The van der Waals surface area contributed by atoms with Crippen LogP contribution < -0.4 is 10.7 Å². The number of imide groups is 1. The van der Waals surface area contributed by atoms with Gasteiger partial charge < -0.3 is 4.74 Å². The summed E-state index contributed by atoms with van der Waals surface area (Å²) in [5.41, 5.74) is 2.68. The van der Waals surface area contributed by atoms with Crippen molar-refractivity contribution in [2.24, 2.45) is 5.10 Å². The Morgan fingerprint density at radius 1 is 1.63 bits per heavy atom. The van der Waals surface area contributed by atoms with Crippen LogP contribution in [0.2, 0.25) is 0 Å². The molecule has 0 fully saturated rings. The molecule has 1 aromatic rings. The normalized spacial score (nSPS) is 10.5. The summed E-state index contributed by atoms with van der Waals surface area (Å²) in [5, 5.41) is 20.6. The van der Waals surface area contributed by atoms with Crippen LogP contribution >= 0.6 is 0 Å². The van der Waals surface area contributed by atoms with Gasteiger partial charge in [0, 0.05) is 11.8 Å². The molecule has 1 heterocycles. The number of amides is 2. The third-order valence-electron chi connectivity index (χ3n) is 1.80. The van der Waals surface area contributed by atoms with Crippen LogP contribution in [0.4, 0.5) is 10.6 Å². The molecule has 0 aliphatic rings. The molecule has 0 saturated heterocycles. The average Bonchev–Trinajstić information content (AvgIpc) is 2.76. The first kappa shape index (κ1) is 14.2. The monoisotopic (exact) mass is 264 g/mol. The van der Waals surface area contributed by atoms with Crippen LogP contribution in [0.5, 0.6) is 0 Å². The summed E-state index contributed by atoms with van der Waals surface area (Å²) in [7, 11) is 0. The molecule has 1 rings (SSSR count). The predicted molar refractivity (Wildman–Crippen MR) is 65.2 cm³/mol. The van der Waals surface area contributed by atoms with Crippen molar-refractivity contribution in [3.63, 3.8) is 0 Å². The third-order valence-corrected chi connectivity index (χ3v) is 1.80. The number of carbonyl (C=O) groups excluding carboxylic acids is 2. The molecule has 1 aromatic heterocycles. The minimum atomic E-state index is -0.958. The molecule has 0 spiro atoms. The zero-order valence-electron chi connectivity index (χ0n) is 10.4. The minimum absolute atomic E-state index is 0.114. The highest BCUT2D eigenvalue weighted by atomic mass is 16.5. The van der Waals surface area contributed by atoms with E-state index in [2.05, 4.69) is 25.5 Å². The van der Waals surface area contributed by atoms with Gasteiger partial charge in [-0.2, -0.15) is 15.5 Å². The number of H-pyrrole nitrogens is 1. The smallest absolute Gasteiger partial charge is 0.414 e. The van der Waals surface area contributed by atoms with Gasteiger partial charge in [0.25, 0.3) is 5.91 Å². The second-order valence-electron chi connectivity index (χ2n) is 3.29. The number of hydrazone groups is 1. The molecular weight excluding hydrogens is 252 g/mol. The zero-order valence-corrected chi connectivity index (χ0v) is 10.4. The first-order chi connectivity index (χ1) is 9.06. The van der Waals surface area contributed by atoms with E-state index in [1.54, 1.807) is 26.0 Å². The van der Waals surface area contributed by atoms with Gasteiger partial charge in [0.2, 0.25) is 5.71 Å². The molecule has 2 amide bonds. The van der Waals surface area contributed by atoms with Gasteiger partial charge in [-0.1, -0.05) is 0 Å². The van der Waals surface area contributed by atoms with Gasteiger partial charge in [-0.3, -0.25) is 20.6 Å². The molecule has 9 heteroatoms. The number of carbonyl (C=O) groups is 2. The summed E-state index contributed by atoms with van der Waals surface area (Å²) < 4.78 is 4.50. The number of alkyl carbamates (subject to hydrolysis) is 1. The lowest BCUT2D eigenvalue weighted by atomic mass is 10.4. The number of nitriles is 1. The van der Waals surface area contributed by atoms with Crippen molar-refractivity contribution in [2.45, 2.75) is 13.8 Å². The van der Waals surface area contributed by atoms with E-state index < -0.39 is 17.7 Å². The summed E-state index contributed by atoms with van der Waals surface area (Å²) in [6.07, 6.45) is -0.939. The van der Waals surface area contributed by atoms with Gasteiger partial charge in [0.1, 0.15) is 6.07 Å². The van der Waals surface area contributed by atoms with Crippen molar-refractivity contribution in [1.29, 1.82) is 5.26 Å². The average molecular weight is 264 g/mol. The van der Waals surface area contributed by atoms with Crippen molar-refractivity contribution in [3.8, 4) is 6.07 Å². The van der Waals surface area contributed by atoms with Crippen LogP contribution in [0.3, 0.4) is 0 Å². The van der Waals surface area contributed by atoms with Crippen molar-refractivity contribution < 1.29 is 14.3 Å². The Bertz CT molecular complexity index is 542. The van der Waals surface area contributed by atoms with E-state index in [4.69, 9.17) is 5.26 Å². The molecule has 0 radical (unpaired) electrons. The standard InChI is InChI=1S/C10H12N6O3/c1-3-19-10(18)12-9(17)7(5-11)14-16-8-4-6(2)13-15-8/h4H,3H2,1-2H3,(H,12,17,18)(H2,13,15,16). The van der Waals surface area contributed by atoms with Crippen LogP contribution in [0.25, 0.3) is 0 Å². The molecule has 0 aliphatic carbocycles. The highest BCUT2D eigenvalue weighted by Gasteiger charge is 2.15. The molecule has 0 unspecified atom stereocenters. The first-order valence-corrected chi connectivity index (χ1v) is 5.30. The molecule has 0 bridgehead atoms. The Kier molecular flexibility index (Phi) is 5.04. The molecule has 0 atom stereocenters. The number of hydrogen-bond acceptors (Lipinski definition) is 7. The van der Waals surface area contributed by atoms with Gasteiger partial charge in [-0.05, 0) is 13.8 Å². The number of ether oxygens (including phenoxy) is 1. The van der Waals surface area contributed by atoms with Crippen LogP contribution in [-0.4, -0.2) is 34.5 Å². The van der Waals surface area contributed by atoms with Gasteiger partial charge in [-0.25, -0.2) is 4.79 Å². The zero-order chi connectivity index (χ0) is 14.3. The maximum absolute atomic E-state index is 11.5. The van der Waals surface area contributed by atoms with Gasteiger partial charge in [0.15, 0.2) is 5.82 Å². The SMILES string of the molecule is CCOC(=O)NC(=O)C(C#N)=NNc1cc(C)[nH]n1. The minimum Gasteiger partial charge on any atom is -0.450 e. The van der Waals surface area contributed by atoms with Crippen molar-refractivity contribution in [2.75, 3.05) is 12.0 Å². The molecule has 0 aliphatic heterocycles. The fourth-order valence-electron chi connectivity index (χ4n) is 1.03. The first-order valence-electron chi connectivity index (χ1n) is 5.30. The number of hydrogen-bond donors (Lipinski definition) is 3. The number of nitrogens with zero attached hydrogens (tertiary/aromatic N) is 3. The number of aromatic amines is 1. The molecular formula is C10H12N6O3. The third kappa shape index (κ3) is 4.47. The van der Waals surface area contributed by atoms with E-state index in [0.717, 1.165) is 5.69 Å². The van der Waals surface area contributed by atoms with Crippen LogP contribution in [0.15, 0.2) is 11.2 Å². The van der Waals surface area contributed by atoms with Crippen LogP contribution in [-0.2, 0) is 9.53 Å². The Labute approximate surface area is 108 Å². The summed E-state index contributed by atoms with van der Waals surface area (Å²) in [6, 6.07) is 3.18. The van der Waals surface area contributed by atoms with E-state index in [1.165, 1.54) is 0 Å². The molecule has 9 nitrogen and oxygen atoms in total. The van der Waals surface area contributed by atoms with Crippen molar-refractivity contribution in [3.05, 3.63) is 11.8 Å². The summed E-state index contributed by atoms with van der Waals surface area (Å²) in [4.78, 5) is 22.4. The highest BCUT2D eigenvalue weighted by molar-refractivity contribution is 6.46. The number of nitrogens with one attached hydrogen (secondary N) is 3. The maximum atomic E-state index is 11.5. The predicted octanol–water partition coefficient (Wildman–Crippen LogP) is 0.282. The van der Waals surface area contributed by atoms with Crippen molar-refractivity contribution >= 4 is 23.5 Å². The fraction of sp³-hybridized carbons (Fsp3) is 0.300. The van der Waals surface area contributed by atoms with E-state index in [9.17, 15) is 9.59 Å². The molecule has 100 valence electrons. The summed E-state index contributed by atoms with van der Waals surface area (Å²) in [5.74, 6) is -0.616. The Morgan fingerprint density at radius 2 is 2.37 bits per heavy atom. The Morgan fingerprint density at radius 3 is 2.89 bits per heavy atom. The second-order valence-corrected chi connectivity index (χ2v) is 3.29. The lowest BCUT2D eigenvalue weighted by Crippen LogP contribution is -2.36. The largest absolute Gasteiger partial charge is 0.450 e.